The number of phenols is 1. The van der Waals surface area contributed by atoms with Crippen molar-refractivity contribution in [3.05, 3.63) is 53.6 Å². The fourth-order valence-corrected chi connectivity index (χ4v) is 4.58. The summed E-state index contributed by atoms with van der Waals surface area (Å²) in [4.78, 5) is 18.8. The zero-order valence-corrected chi connectivity index (χ0v) is 16.9. The van der Waals surface area contributed by atoms with Gasteiger partial charge in [0.05, 0.1) is 0 Å². The highest BCUT2D eigenvalue weighted by Crippen LogP contribution is 2.39. The van der Waals surface area contributed by atoms with Gasteiger partial charge in [0, 0.05) is 56.6 Å². The number of piperidine rings is 1. The van der Waals surface area contributed by atoms with Crippen molar-refractivity contribution in [3.8, 4) is 17.2 Å². The Labute approximate surface area is 175 Å². The molecule has 1 amide bonds. The number of ether oxygens (including phenoxy) is 2. The maximum absolute atomic E-state index is 11.8. The van der Waals surface area contributed by atoms with Gasteiger partial charge < -0.3 is 19.5 Å². The van der Waals surface area contributed by atoms with Crippen molar-refractivity contribution < 1.29 is 19.4 Å². The van der Waals surface area contributed by atoms with Crippen LogP contribution in [0.2, 0.25) is 0 Å². The lowest BCUT2D eigenvalue weighted by Gasteiger charge is -2.45. The minimum atomic E-state index is -0.469. The molecular weight excluding hydrogens is 382 g/mol. The van der Waals surface area contributed by atoms with Crippen LogP contribution in [0.4, 0.5) is 0 Å². The fraction of sp³-hybridized carbons (Fsp3) is 0.391. The predicted molar refractivity (Wildman–Crippen MR) is 112 cm³/mol. The van der Waals surface area contributed by atoms with Gasteiger partial charge in [-0.05, 0) is 29.8 Å². The highest BCUT2D eigenvalue weighted by atomic mass is 16.7. The van der Waals surface area contributed by atoms with Crippen LogP contribution in [0.1, 0.15) is 43.4 Å². The molecule has 0 saturated carbocycles. The highest BCUT2D eigenvalue weighted by molar-refractivity contribution is 6.02. The van der Waals surface area contributed by atoms with Crippen molar-refractivity contribution in [2.24, 2.45) is 4.99 Å². The van der Waals surface area contributed by atoms with E-state index in [0.29, 0.717) is 19.5 Å². The third-order valence-electron chi connectivity index (χ3n) is 6.24. The Morgan fingerprint density at radius 1 is 1.17 bits per heavy atom. The number of phenolic OH excluding ortho intramolecular Hbond substituents is 1. The average molecular weight is 407 g/mol. The van der Waals surface area contributed by atoms with Gasteiger partial charge in [-0.15, -0.1) is 0 Å². The SMILES string of the molecule is CC(=O)N1CCC2(CC1)N=C(c1ccc3c(c1)OCO3)C[C@H](c1ccccc1O)N2. The molecule has 2 N–H and O–H groups in total. The Bertz CT molecular complexity index is 1010. The quantitative estimate of drug-likeness (QED) is 0.800. The summed E-state index contributed by atoms with van der Waals surface area (Å²) >= 11 is 0. The molecule has 7 nitrogen and oxygen atoms in total. The van der Waals surface area contributed by atoms with Crippen molar-refractivity contribution in [2.75, 3.05) is 19.9 Å². The molecule has 3 heterocycles. The normalized spacial score (nSPS) is 22.1. The molecule has 30 heavy (non-hydrogen) atoms. The lowest BCUT2D eigenvalue weighted by Crippen LogP contribution is -2.56. The zero-order valence-electron chi connectivity index (χ0n) is 16.9. The van der Waals surface area contributed by atoms with E-state index in [4.69, 9.17) is 14.5 Å². The average Bonchev–Trinajstić information content (AvgIpc) is 3.22. The fourth-order valence-electron chi connectivity index (χ4n) is 4.58. The summed E-state index contributed by atoms with van der Waals surface area (Å²) in [5.41, 5.74) is 2.35. The van der Waals surface area contributed by atoms with Crippen LogP contribution < -0.4 is 14.8 Å². The molecule has 3 aliphatic heterocycles. The molecule has 2 aromatic carbocycles. The van der Waals surface area contributed by atoms with Gasteiger partial charge in [-0.2, -0.15) is 0 Å². The summed E-state index contributed by atoms with van der Waals surface area (Å²) < 4.78 is 11.0. The summed E-state index contributed by atoms with van der Waals surface area (Å²) in [5.74, 6) is 1.85. The molecule has 0 bridgehead atoms. The van der Waals surface area contributed by atoms with E-state index in [1.54, 1.807) is 13.0 Å². The molecule has 0 aliphatic carbocycles. The Morgan fingerprint density at radius 2 is 1.93 bits per heavy atom. The molecule has 1 saturated heterocycles. The van der Waals surface area contributed by atoms with Crippen LogP contribution in [0.5, 0.6) is 17.2 Å². The van der Waals surface area contributed by atoms with Crippen LogP contribution in [0, 0.1) is 0 Å². The topological polar surface area (TPSA) is 83.4 Å². The molecule has 0 unspecified atom stereocenters. The number of nitrogens with zero attached hydrogens (tertiary/aromatic N) is 2. The van der Waals surface area contributed by atoms with E-state index in [0.717, 1.165) is 41.2 Å². The molecular formula is C23H25N3O4. The van der Waals surface area contributed by atoms with Crippen molar-refractivity contribution in [1.29, 1.82) is 0 Å². The van der Waals surface area contributed by atoms with Crippen LogP contribution >= 0.6 is 0 Å². The summed E-state index contributed by atoms with van der Waals surface area (Å²) in [5, 5.41) is 14.2. The Hall–Kier alpha value is -3.06. The van der Waals surface area contributed by atoms with Crippen LogP contribution in [-0.2, 0) is 4.79 Å². The molecule has 7 heteroatoms. The van der Waals surface area contributed by atoms with Crippen molar-refractivity contribution in [2.45, 2.75) is 37.9 Å². The van der Waals surface area contributed by atoms with Crippen molar-refractivity contribution >= 4 is 11.6 Å². The minimum absolute atomic E-state index is 0.0759. The Kier molecular flexibility index (Phi) is 4.62. The predicted octanol–water partition coefficient (Wildman–Crippen LogP) is 2.98. The second-order valence-corrected chi connectivity index (χ2v) is 8.12. The van der Waals surface area contributed by atoms with E-state index in [9.17, 15) is 9.90 Å². The van der Waals surface area contributed by atoms with E-state index in [-0.39, 0.29) is 24.5 Å². The molecule has 156 valence electrons. The van der Waals surface area contributed by atoms with Crippen LogP contribution in [0.15, 0.2) is 47.5 Å². The van der Waals surface area contributed by atoms with Gasteiger partial charge in [0.1, 0.15) is 11.4 Å². The summed E-state index contributed by atoms with van der Waals surface area (Å²) in [6.45, 7) is 3.16. The largest absolute Gasteiger partial charge is 0.508 e. The van der Waals surface area contributed by atoms with E-state index >= 15 is 0 Å². The monoisotopic (exact) mass is 407 g/mol. The third-order valence-corrected chi connectivity index (χ3v) is 6.24. The van der Waals surface area contributed by atoms with E-state index in [1.807, 2.05) is 41.3 Å². The molecule has 1 atom stereocenters. The third kappa shape index (κ3) is 3.39. The number of nitrogens with one attached hydrogen (secondary N) is 1. The number of carbonyl (C=O) groups is 1. The first kappa shape index (κ1) is 18.9. The number of aromatic hydroxyl groups is 1. The summed E-state index contributed by atoms with van der Waals surface area (Å²) in [6, 6.07) is 13.3. The highest BCUT2D eigenvalue weighted by Gasteiger charge is 2.41. The number of likely N-dealkylation sites (tertiary alicyclic amines) is 1. The number of hydrogen-bond donors (Lipinski definition) is 2. The number of benzene rings is 2. The number of aliphatic imine (C=N–C) groups is 1. The lowest BCUT2D eigenvalue weighted by atomic mass is 9.87. The van der Waals surface area contributed by atoms with E-state index in [2.05, 4.69) is 5.32 Å². The number of fused-ring (bicyclic) bond motifs is 1. The van der Waals surface area contributed by atoms with Gasteiger partial charge in [-0.3, -0.25) is 15.1 Å². The van der Waals surface area contributed by atoms with E-state index in [1.165, 1.54) is 0 Å². The standard InChI is InChI=1S/C23H25N3O4/c1-15(27)26-10-8-23(9-11-26)24-18(16-6-7-21-22(12-16)30-14-29-21)13-19(25-23)17-4-2-3-5-20(17)28/h2-7,12,19,25,28H,8-11,13-14H2,1H3/t19-/m1/s1. The van der Waals surface area contributed by atoms with Gasteiger partial charge in [-0.25, -0.2) is 0 Å². The number of rotatable bonds is 2. The molecule has 0 radical (unpaired) electrons. The van der Waals surface area contributed by atoms with Gasteiger partial charge >= 0.3 is 0 Å². The smallest absolute Gasteiger partial charge is 0.231 e. The van der Waals surface area contributed by atoms with Crippen LogP contribution in [0.25, 0.3) is 0 Å². The number of para-hydroxylation sites is 1. The van der Waals surface area contributed by atoms with E-state index < -0.39 is 5.66 Å². The van der Waals surface area contributed by atoms with Gasteiger partial charge in [0.25, 0.3) is 0 Å². The van der Waals surface area contributed by atoms with Gasteiger partial charge in [0.2, 0.25) is 12.7 Å². The minimum Gasteiger partial charge on any atom is -0.508 e. The van der Waals surface area contributed by atoms with Crippen LogP contribution in [-0.4, -0.2) is 47.2 Å². The Morgan fingerprint density at radius 3 is 2.70 bits per heavy atom. The van der Waals surface area contributed by atoms with Gasteiger partial charge in [0.15, 0.2) is 11.5 Å². The van der Waals surface area contributed by atoms with Crippen molar-refractivity contribution in [1.82, 2.24) is 10.2 Å². The molecule has 5 rings (SSSR count). The number of carbonyl (C=O) groups excluding carboxylic acids is 1. The summed E-state index contributed by atoms with van der Waals surface area (Å²) in [6.07, 6.45) is 2.10. The maximum Gasteiger partial charge on any atom is 0.231 e. The molecule has 0 aromatic heterocycles. The number of amides is 1. The first-order valence-corrected chi connectivity index (χ1v) is 10.3. The number of hydrogen-bond acceptors (Lipinski definition) is 6. The van der Waals surface area contributed by atoms with Gasteiger partial charge in [-0.1, -0.05) is 18.2 Å². The lowest BCUT2D eigenvalue weighted by molar-refractivity contribution is -0.130. The Balaban J connectivity index is 1.52. The zero-order chi connectivity index (χ0) is 20.7. The molecule has 3 aliphatic rings. The maximum atomic E-state index is 11.8. The molecule has 1 fully saturated rings. The van der Waals surface area contributed by atoms with Crippen LogP contribution in [0.3, 0.4) is 0 Å². The summed E-state index contributed by atoms with van der Waals surface area (Å²) in [7, 11) is 0. The first-order valence-electron chi connectivity index (χ1n) is 10.3. The second kappa shape index (κ2) is 7.32. The molecule has 2 aromatic rings. The first-order chi connectivity index (χ1) is 14.5. The molecule has 1 spiro atoms. The van der Waals surface area contributed by atoms with Crippen molar-refractivity contribution in [3.63, 3.8) is 0 Å². The second-order valence-electron chi connectivity index (χ2n) is 8.12.